The van der Waals surface area contributed by atoms with Gasteiger partial charge in [0, 0.05) is 6.42 Å². The van der Waals surface area contributed by atoms with Crippen LogP contribution in [0.15, 0.2) is 24.3 Å². The van der Waals surface area contributed by atoms with E-state index in [0.717, 1.165) is 38.5 Å². The standard InChI is InChI=1S/C45H87NO5S/c1-3-5-7-9-11-13-15-17-19-21-22-23-24-25-26-28-30-32-34-36-38-40-44(47)43(42-52(49,50)51)46-45(48)41-39-37-35-33-31-29-27-20-18-16-14-12-10-8-6-4-2/h30,32,38,40,43-44,47H,3-29,31,33-37,39,41-42H2,1-2H3,(H,46,48)(H,49,50,51)/b32-30+,40-38+. The lowest BCUT2D eigenvalue weighted by Gasteiger charge is -2.21. The van der Waals surface area contributed by atoms with Crippen molar-refractivity contribution in [3.05, 3.63) is 24.3 Å². The molecule has 0 aromatic rings. The fourth-order valence-corrected chi connectivity index (χ4v) is 7.73. The Labute approximate surface area is 324 Å². The van der Waals surface area contributed by atoms with Crippen molar-refractivity contribution in [1.29, 1.82) is 0 Å². The molecule has 52 heavy (non-hydrogen) atoms. The normalized spacial score (nSPS) is 13.4. The first-order valence-corrected chi connectivity index (χ1v) is 24.1. The van der Waals surface area contributed by atoms with Crippen molar-refractivity contribution in [2.75, 3.05) is 5.75 Å². The summed E-state index contributed by atoms with van der Waals surface area (Å²) < 4.78 is 32.5. The Morgan fingerprint density at radius 1 is 0.500 bits per heavy atom. The van der Waals surface area contributed by atoms with Crippen LogP contribution >= 0.6 is 0 Å². The number of aliphatic hydroxyl groups excluding tert-OH is 1. The molecule has 0 aliphatic carbocycles. The van der Waals surface area contributed by atoms with Crippen LogP contribution in [0.4, 0.5) is 0 Å². The van der Waals surface area contributed by atoms with E-state index in [4.69, 9.17) is 0 Å². The van der Waals surface area contributed by atoms with E-state index < -0.39 is 28.0 Å². The first-order valence-electron chi connectivity index (χ1n) is 22.5. The van der Waals surface area contributed by atoms with Crippen LogP contribution in [0, 0.1) is 0 Å². The van der Waals surface area contributed by atoms with Crippen molar-refractivity contribution >= 4 is 16.0 Å². The van der Waals surface area contributed by atoms with E-state index in [0.29, 0.717) is 6.42 Å². The largest absolute Gasteiger partial charge is 0.387 e. The zero-order valence-electron chi connectivity index (χ0n) is 34.4. The van der Waals surface area contributed by atoms with Gasteiger partial charge >= 0.3 is 0 Å². The van der Waals surface area contributed by atoms with E-state index in [1.165, 1.54) is 186 Å². The molecule has 2 atom stereocenters. The van der Waals surface area contributed by atoms with Gasteiger partial charge in [0.2, 0.25) is 5.91 Å². The molecule has 3 N–H and O–H groups in total. The van der Waals surface area contributed by atoms with E-state index in [1.807, 2.05) is 6.08 Å². The fraction of sp³-hybridized carbons (Fsp3) is 0.889. The summed E-state index contributed by atoms with van der Waals surface area (Å²) in [5.74, 6) is -0.990. The van der Waals surface area contributed by atoms with Gasteiger partial charge in [-0.3, -0.25) is 9.35 Å². The average Bonchev–Trinajstić information content (AvgIpc) is 3.11. The summed E-state index contributed by atoms with van der Waals surface area (Å²) in [6, 6.07) is -1.07. The van der Waals surface area contributed by atoms with Crippen molar-refractivity contribution in [2.45, 2.75) is 251 Å². The molecular weight excluding hydrogens is 667 g/mol. The average molecular weight is 754 g/mol. The van der Waals surface area contributed by atoms with Gasteiger partial charge in [-0.05, 0) is 32.1 Å². The smallest absolute Gasteiger partial charge is 0.267 e. The Balaban J connectivity index is 3.88. The molecule has 0 aromatic heterocycles. The van der Waals surface area contributed by atoms with Crippen molar-refractivity contribution in [2.24, 2.45) is 0 Å². The Morgan fingerprint density at radius 2 is 0.827 bits per heavy atom. The maximum absolute atomic E-state index is 12.5. The van der Waals surface area contributed by atoms with Gasteiger partial charge < -0.3 is 10.4 Å². The maximum atomic E-state index is 12.5. The molecule has 0 aromatic carbocycles. The van der Waals surface area contributed by atoms with Crippen molar-refractivity contribution in [3.8, 4) is 0 Å². The molecule has 308 valence electrons. The molecule has 0 saturated carbocycles. The second-order valence-corrected chi connectivity index (χ2v) is 17.2. The lowest BCUT2D eigenvalue weighted by atomic mass is 10.0. The molecule has 0 aliphatic rings. The topological polar surface area (TPSA) is 104 Å². The number of hydrogen-bond acceptors (Lipinski definition) is 4. The molecule has 6 nitrogen and oxygen atoms in total. The first kappa shape index (κ1) is 50.8. The number of nitrogens with one attached hydrogen (secondary N) is 1. The number of carbonyl (C=O) groups excluding carboxylic acids is 1. The van der Waals surface area contributed by atoms with Gasteiger partial charge in [-0.1, -0.05) is 224 Å². The number of hydrogen-bond donors (Lipinski definition) is 3. The highest BCUT2D eigenvalue weighted by Crippen LogP contribution is 2.16. The lowest BCUT2D eigenvalue weighted by Crippen LogP contribution is -2.46. The van der Waals surface area contributed by atoms with Crippen molar-refractivity contribution < 1.29 is 22.9 Å². The van der Waals surface area contributed by atoms with Crippen molar-refractivity contribution in [3.63, 3.8) is 0 Å². The Hall–Kier alpha value is -1.18. The monoisotopic (exact) mass is 754 g/mol. The maximum Gasteiger partial charge on any atom is 0.267 e. The summed E-state index contributed by atoms with van der Waals surface area (Å²) >= 11 is 0. The van der Waals surface area contributed by atoms with E-state index >= 15 is 0 Å². The van der Waals surface area contributed by atoms with Crippen LogP contribution in [0.3, 0.4) is 0 Å². The third-order valence-electron chi connectivity index (χ3n) is 10.4. The van der Waals surface area contributed by atoms with Gasteiger partial charge in [0.1, 0.15) is 0 Å². The van der Waals surface area contributed by atoms with Gasteiger partial charge in [-0.2, -0.15) is 8.42 Å². The fourth-order valence-electron chi connectivity index (χ4n) is 7.00. The number of unbranched alkanes of at least 4 members (excludes halogenated alkanes) is 31. The van der Waals surface area contributed by atoms with Gasteiger partial charge in [0.25, 0.3) is 10.1 Å². The Kier molecular flexibility index (Phi) is 38.6. The summed E-state index contributed by atoms with van der Waals surface area (Å²) in [6.45, 7) is 4.54. The summed E-state index contributed by atoms with van der Waals surface area (Å²) in [5.41, 5.74) is 0. The van der Waals surface area contributed by atoms with Gasteiger partial charge in [-0.15, -0.1) is 0 Å². The highest BCUT2D eigenvalue weighted by atomic mass is 32.2. The molecular formula is C45H87NO5S. The molecule has 0 aliphatic heterocycles. The third kappa shape index (κ3) is 40.0. The Bertz CT molecular complexity index is 919. The predicted octanol–water partition coefficient (Wildman–Crippen LogP) is 13.5. The van der Waals surface area contributed by atoms with Gasteiger partial charge in [0.15, 0.2) is 0 Å². The molecule has 0 radical (unpaired) electrons. The van der Waals surface area contributed by atoms with Crippen LogP contribution in [-0.4, -0.2) is 41.9 Å². The quantitative estimate of drug-likeness (QED) is 0.0328. The minimum Gasteiger partial charge on any atom is -0.387 e. The van der Waals surface area contributed by atoms with Gasteiger partial charge in [-0.25, -0.2) is 0 Å². The molecule has 0 heterocycles. The minimum atomic E-state index is -4.35. The third-order valence-corrected chi connectivity index (χ3v) is 11.2. The van der Waals surface area contributed by atoms with Crippen LogP contribution in [0.1, 0.15) is 239 Å². The molecule has 1 amide bonds. The summed E-state index contributed by atoms with van der Waals surface area (Å²) in [7, 11) is -4.35. The Morgan fingerprint density at radius 3 is 1.21 bits per heavy atom. The summed E-state index contributed by atoms with van der Waals surface area (Å²) in [6.07, 6.45) is 50.3. The lowest BCUT2D eigenvalue weighted by molar-refractivity contribution is -0.122. The van der Waals surface area contributed by atoms with Crippen LogP contribution in [0.25, 0.3) is 0 Å². The van der Waals surface area contributed by atoms with Gasteiger partial charge in [0.05, 0.1) is 17.9 Å². The number of amides is 1. The minimum absolute atomic E-state index is 0.284. The highest BCUT2D eigenvalue weighted by Gasteiger charge is 2.24. The van der Waals surface area contributed by atoms with Crippen LogP contribution in [0.2, 0.25) is 0 Å². The molecule has 0 rings (SSSR count). The molecule has 7 heteroatoms. The van der Waals surface area contributed by atoms with E-state index in [-0.39, 0.29) is 5.91 Å². The van der Waals surface area contributed by atoms with E-state index in [9.17, 15) is 22.9 Å². The molecule has 0 spiro atoms. The van der Waals surface area contributed by atoms with Crippen molar-refractivity contribution in [1.82, 2.24) is 5.32 Å². The van der Waals surface area contributed by atoms with Crippen LogP contribution in [-0.2, 0) is 14.9 Å². The first-order chi connectivity index (χ1) is 25.3. The highest BCUT2D eigenvalue weighted by molar-refractivity contribution is 7.85. The molecule has 0 fully saturated rings. The molecule has 2 unspecified atom stereocenters. The second kappa shape index (κ2) is 39.5. The molecule has 0 bridgehead atoms. The number of aliphatic hydroxyl groups is 1. The summed E-state index contributed by atoms with van der Waals surface area (Å²) in [4.78, 5) is 12.5. The number of rotatable bonds is 41. The van der Waals surface area contributed by atoms with Crippen LogP contribution < -0.4 is 5.32 Å². The zero-order chi connectivity index (χ0) is 38.2. The van der Waals surface area contributed by atoms with Crippen LogP contribution in [0.5, 0.6) is 0 Å². The van der Waals surface area contributed by atoms with E-state index in [2.05, 4.69) is 31.3 Å². The summed E-state index contributed by atoms with van der Waals surface area (Å²) in [5, 5.41) is 13.2. The van der Waals surface area contributed by atoms with E-state index in [1.54, 1.807) is 0 Å². The predicted molar refractivity (Wildman–Crippen MR) is 226 cm³/mol. The molecule has 0 saturated heterocycles. The number of carbonyl (C=O) groups is 1. The second-order valence-electron chi connectivity index (χ2n) is 15.7. The SMILES string of the molecule is CCCCCCCCCCCCCCCCC/C=C/CC/C=C/C(O)C(CS(=O)(=O)O)NC(=O)CCCCCCCCCCCCCCCCCC. The zero-order valence-corrected chi connectivity index (χ0v) is 35.3. The number of allylic oxidation sites excluding steroid dienone is 3.